The predicted molar refractivity (Wildman–Crippen MR) is 80.3 cm³/mol. The molecule has 3 rings (SSSR count). The molecule has 0 heterocycles. The van der Waals surface area contributed by atoms with Gasteiger partial charge in [-0.25, -0.2) is 0 Å². The molecule has 6 heteroatoms. The molecular formula is C17H14O6. The minimum Gasteiger partial charge on any atom is -0.508 e. The third kappa shape index (κ3) is 2.24. The molecule has 2 aromatic rings. The zero-order valence-corrected chi connectivity index (χ0v) is 12.5. The van der Waals surface area contributed by atoms with E-state index in [0.717, 1.165) is 6.07 Å². The maximum absolute atomic E-state index is 12.7. The van der Waals surface area contributed by atoms with Gasteiger partial charge < -0.3 is 19.7 Å². The summed E-state index contributed by atoms with van der Waals surface area (Å²) in [5, 5.41) is 19.6. The molecule has 2 N–H and O–H groups in total. The van der Waals surface area contributed by atoms with Gasteiger partial charge in [0, 0.05) is 24.3 Å². The molecule has 1 aliphatic carbocycles. The smallest absolute Gasteiger partial charge is 0.201 e. The number of hydrogen-bond donors (Lipinski definition) is 2. The lowest BCUT2D eigenvalue weighted by Gasteiger charge is -2.21. The Morgan fingerprint density at radius 2 is 1.61 bits per heavy atom. The largest absolute Gasteiger partial charge is 0.508 e. The average Bonchev–Trinajstić information content (AvgIpc) is 2.51. The minimum atomic E-state index is -0.520. The quantitative estimate of drug-likeness (QED) is 0.768. The molecule has 0 saturated heterocycles. The molecule has 0 bridgehead atoms. The van der Waals surface area contributed by atoms with Gasteiger partial charge in [0.05, 0.1) is 24.8 Å². The number of methoxy groups -OCH3 is 2. The van der Waals surface area contributed by atoms with E-state index >= 15 is 0 Å². The van der Waals surface area contributed by atoms with Gasteiger partial charge in [-0.1, -0.05) is 0 Å². The van der Waals surface area contributed by atoms with Crippen LogP contribution in [-0.4, -0.2) is 36.0 Å². The van der Waals surface area contributed by atoms with Gasteiger partial charge in [0.1, 0.15) is 17.2 Å². The minimum absolute atomic E-state index is 0.0309. The highest BCUT2D eigenvalue weighted by molar-refractivity contribution is 6.30. The second kappa shape index (κ2) is 5.40. The molecule has 0 radical (unpaired) electrons. The molecule has 0 aliphatic heterocycles. The van der Waals surface area contributed by atoms with Gasteiger partial charge >= 0.3 is 0 Å². The monoisotopic (exact) mass is 314 g/mol. The summed E-state index contributed by atoms with van der Waals surface area (Å²) in [5.74, 6) is -1.46. The lowest BCUT2D eigenvalue weighted by Crippen LogP contribution is -2.22. The van der Waals surface area contributed by atoms with Gasteiger partial charge in [0.25, 0.3) is 0 Å². The van der Waals surface area contributed by atoms with E-state index in [1.54, 1.807) is 12.1 Å². The van der Waals surface area contributed by atoms with Gasteiger partial charge in [-0.3, -0.25) is 9.59 Å². The zero-order chi connectivity index (χ0) is 16.7. The van der Waals surface area contributed by atoms with Crippen LogP contribution in [0.25, 0.3) is 0 Å². The predicted octanol–water partition coefficient (Wildman–Crippen LogP) is 2.03. The Morgan fingerprint density at radius 1 is 0.913 bits per heavy atom. The second-order valence-corrected chi connectivity index (χ2v) is 5.20. The normalized spacial score (nSPS) is 12.8. The van der Waals surface area contributed by atoms with Crippen LogP contribution in [0.2, 0.25) is 0 Å². The van der Waals surface area contributed by atoms with E-state index in [4.69, 9.17) is 9.47 Å². The Hall–Kier alpha value is -2.86. The van der Waals surface area contributed by atoms with Gasteiger partial charge in [-0.2, -0.15) is 0 Å². The van der Waals surface area contributed by atoms with Crippen LogP contribution < -0.4 is 4.74 Å². The number of phenols is 2. The second-order valence-electron chi connectivity index (χ2n) is 5.20. The Kier molecular flexibility index (Phi) is 3.54. The summed E-state index contributed by atoms with van der Waals surface area (Å²) >= 11 is 0. The van der Waals surface area contributed by atoms with Crippen molar-refractivity contribution in [1.29, 1.82) is 0 Å². The van der Waals surface area contributed by atoms with E-state index in [1.165, 1.54) is 20.3 Å². The highest BCUT2D eigenvalue weighted by atomic mass is 16.5. The third-order valence-corrected chi connectivity index (χ3v) is 3.74. The van der Waals surface area contributed by atoms with Crippen molar-refractivity contribution >= 4 is 11.6 Å². The van der Waals surface area contributed by atoms with Gasteiger partial charge in [0.15, 0.2) is 5.78 Å². The third-order valence-electron chi connectivity index (χ3n) is 3.74. The van der Waals surface area contributed by atoms with Crippen molar-refractivity contribution in [3.63, 3.8) is 0 Å². The van der Waals surface area contributed by atoms with E-state index < -0.39 is 17.3 Å². The first-order chi connectivity index (χ1) is 11.0. The molecule has 2 aromatic carbocycles. The molecule has 0 unspecified atom stereocenters. The van der Waals surface area contributed by atoms with Crippen molar-refractivity contribution in [3.8, 4) is 17.2 Å². The maximum Gasteiger partial charge on any atom is 0.201 e. The Morgan fingerprint density at radius 3 is 2.26 bits per heavy atom. The summed E-state index contributed by atoms with van der Waals surface area (Å²) in [6.45, 7) is 0.253. The Bertz CT molecular complexity index is 837. The zero-order valence-electron chi connectivity index (χ0n) is 12.5. The highest BCUT2D eigenvalue weighted by Crippen LogP contribution is 2.39. The number of benzene rings is 2. The molecule has 118 valence electrons. The van der Waals surface area contributed by atoms with Crippen LogP contribution >= 0.6 is 0 Å². The Labute approximate surface area is 131 Å². The molecule has 0 atom stereocenters. The number of fused-ring (bicyclic) bond motifs is 2. The summed E-state index contributed by atoms with van der Waals surface area (Å²) in [6, 6.07) is 5.38. The lowest BCUT2D eigenvalue weighted by atomic mass is 9.82. The number of ether oxygens (including phenoxy) is 2. The molecule has 0 aromatic heterocycles. The number of carbonyl (C=O) groups is 2. The van der Waals surface area contributed by atoms with Crippen LogP contribution in [-0.2, 0) is 11.3 Å². The van der Waals surface area contributed by atoms with E-state index in [0.29, 0.717) is 5.56 Å². The van der Waals surface area contributed by atoms with E-state index in [2.05, 4.69) is 0 Å². The van der Waals surface area contributed by atoms with Crippen molar-refractivity contribution in [2.75, 3.05) is 14.2 Å². The summed E-state index contributed by atoms with van der Waals surface area (Å²) < 4.78 is 10.3. The first kappa shape index (κ1) is 15.1. The topological polar surface area (TPSA) is 93.1 Å². The standard InChI is InChI=1S/C17H14O6/c1-22-7-8-3-10-15(13(4-8)23-2)17(21)14-11(16(10)20)5-9(18)6-12(14)19/h3-6,18-19H,7H2,1-2H3. The summed E-state index contributed by atoms with van der Waals surface area (Å²) in [5.41, 5.74) is 0.788. The Balaban J connectivity index is 2.30. The molecule has 0 spiro atoms. The van der Waals surface area contributed by atoms with Crippen LogP contribution in [0.5, 0.6) is 17.2 Å². The molecule has 0 amide bonds. The van der Waals surface area contributed by atoms with Crippen molar-refractivity contribution < 1.29 is 29.3 Å². The molecule has 23 heavy (non-hydrogen) atoms. The number of aromatic hydroxyl groups is 2. The molecule has 1 aliphatic rings. The molecule has 0 saturated carbocycles. The van der Waals surface area contributed by atoms with Gasteiger partial charge in [-0.15, -0.1) is 0 Å². The van der Waals surface area contributed by atoms with E-state index in [9.17, 15) is 19.8 Å². The van der Waals surface area contributed by atoms with Gasteiger partial charge in [0.2, 0.25) is 5.78 Å². The number of rotatable bonds is 3. The van der Waals surface area contributed by atoms with E-state index in [-0.39, 0.29) is 40.4 Å². The first-order valence-corrected chi connectivity index (χ1v) is 6.83. The number of carbonyl (C=O) groups excluding carboxylic acids is 2. The van der Waals surface area contributed by atoms with E-state index in [1.807, 2.05) is 0 Å². The fourth-order valence-corrected chi connectivity index (χ4v) is 2.80. The van der Waals surface area contributed by atoms with Crippen LogP contribution in [0.15, 0.2) is 24.3 Å². The maximum atomic E-state index is 12.7. The van der Waals surface area contributed by atoms with Crippen LogP contribution in [0.3, 0.4) is 0 Å². The van der Waals surface area contributed by atoms with Crippen LogP contribution in [0, 0.1) is 0 Å². The fourth-order valence-electron chi connectivity index (χ4n) is 2.80. The highest BCUT2D eigenvalue weighted by Gasteiger charge is 2.35. The van der Waals surface area contributed by atoms with Crippen LogP contribution in [0.1, 0.15) is 37.4 Å². The van der Waals surface area contributed by atoms with Crippen LogP contribution in [0.4, 0.5) is 0 Å². The summed E-state index contributed by atoms with van der Waals surface area (Å²) in [7, 11) is 2.92. The van der Waals surface area contributed by atoms with Crippen molar-refractivity contribution in [2.45, 2.75) is 6.61 Å². The fraction of sp³-hybridized carbons (Fsp3) is 0.176. The summed E-state index contributed by atoms with van der Waals surface area (Å²) in [6.07, 6.45) is 0. The molecule has 6 nitrogen and oxygen atoms in total. The SMILES string of the molecule is COCc1cc(OC)c2c(c1)C(=O)c1cc(O)cc(O)c1C2=O. The first-order valence-electron chi connectivity index (χ1n) is 6.83. The number of phenolic OH excluding ortho intramolecular Hbond substituents is 2. The van der Waals surface area contributed by atoms with Gasteiger partial charge in [-0.05, 0) is 23.8 Å². The molecular weight excluding hydrogens is 300 g/mol. The lowest BCUT2D eigenvalue weighted by molar-refractivity contribution is 0.0973. The number of ketones is 2. The molecule has 0 fully saturated rings. The van der Waals surface area contributed by atoms with Crippen molar-refractivity contribution in [3.05, 3.63) is 52.1 Å². The van der Waals surface area contributed by atoms with Crippen molar-refractivity contribution in [1.82, 2.24) is 0 Å². The average molecular weight is 314 g/mol. The van der Waals surface area contributed by atoms with Crippen molar-refractivity contribution in [2.24, 2.45) is 0 Å². The summed E-state index contributed by atoms with van der Waals surface area (Å²) in [4.78, 5) is 25.4. The number of hydrogen-bond acceptors (Lipinski definition) is 6.